The summed E-state index contributed by atoms with van der Waals surface area (Å²) in [5.41, 5.74) is 7.68. The number of para-hydroxylation sites is 1. The normalized spacial score (nSPS) is 16.0. The minimum atomic E-state index is -0.232. The summed E-state index contributed by atoms with van der Waals surface area (Å²) in [7, 11) is 0. The molecule has 0 bridgehead atoms. The Bertz CT molecular complexity index is 2090. The molecule has 0 spiro atoms. The maximum absolute atomic E-state index is 11.6. The van der Waals surface area contributed by atoms with Gasteiger partial charge >= 0.3 is 21.1 Å². The summed E-state index contributed by atoms with van der Waals surface area (Å²) in [4.78, 5) is 6.69. The summed E-state index contributed by atoms with van der Waals surface area (Å²) in [6.07, 6.45) is 19.7. The van der Waals surface area contributed by atoms with Crippen LogP contribution < -0.4 is 4.90 Å². The number of phenols is 1. The Labute approximate surface area is 292 Å². The topological polar surface area (TPSA) is 44.3 Å². The molecule has 4 heterocycles. The van der Waals surface area contributed by atoms with Crippen LogP contribution in [0.4, 0.5) is 5.69 Å². The summed E-state index contributed by atoms with van der Waals surface area (Å²) < 4.78 is 4.19. The van der Waals surface area contributed by atoms with Crippen LogP contribution in [0.3, 0.4) is 0 Å². The van der Waals surface area contributed by atoms with Gasteiger partial charge in [0, 0.05) is 12.4 Å². The van der Waals surface area contributed by atoms with E-state index in [0.29, 0.717) is 5.69 Å². The Balaban J connectivity index is 0.00000386. The second kappa shape index (κ2) is 12.3. The molecule has 1 N–H and O–H groups in total. The van der Waals surface area contributed by atoms with Gasteiger partial charge in [-0.3, -0.25) is 9.56 Å². The van der Waals surface area contributed by atoms with Crippen molar-refractivity contribution in [3.63, 3.8) is 0 Å². The van der Waals surface area contributed by atoms with E-state index in [1.54, 1.807) is 0 Å². The number of aromatic hydroxyl groups is 1. The van der Waals surface area contributed by atoms with Crippen LogP contribution >= 0.6 is 0 Å². The number of hydrogen-bond acceptors (Lipinski definition) is 3. The van der Waals surface area contributed by atoms with Crippen LogP contribution in [0.2, 0.25) is 0 Å². The third-order valence-corrected chi connectivity index (χ3v) is 8.77. The maximum atomic E-state index is 11.6. The number of allylic oxidation sites excluding steroid dienone is 2. The van der Waals surface area contributed by atoms with Gasteiger partial charge in [-0.1, -0.05) is 125 Å². The second-order valence-electron chi connectivity index (χ2n) is 14.1. The third-order valence-electron chi connectivity index (χ3n) is 8.77. The molecular formula is C41H39N4OPt+. The largest absolute Gasteiger partial charge is 2.00 e. The van der Waals surface area contributed by atoms with Crippen LogP contribution in [0.1, 0.15) is 58.2 Å². The number of benzene rings is 3. The first-order valence-corrected chi connectivity index (χ1v) is 15.8. The standard InChI is InChI=1S/C41H39N4O.Pt/c1-40(2,3)30-24-34(41(4,5)6)39(46)37(25-30)43-22-20-31-15-12-18-36(45(31)27-43)33-26-44(35-17-11-10-16-32(33)35)38-23-29(19-21-42-38)28-13-8-7-9-14-28;/h7-25,31,46H,1-6H3;/q-1;+2. The predicted molar refractivity (Wildman–Crippen MR) is 189 cm³/mol. The van der Waals surface area contributed by atoms with Crippen molar-refractivity contribution in [3.8, 4) is 22.7 Å². The minimum Gasteiger partial charge on any atom is -0.513 e. The van der Waals surface area contributed by atoms with Crippen molar-refractivity contribution in [2.45, 2.75) is 58.4 Å². The zero-order valence-corrected chi connectivity index (χ0v) is 29.9. The Morgan fingerprint density at radius 2 is 1.57 bits per heavy atom. The summed E-state index contributed by atoms with van der Waals surface area (Å²) >= 11 is 0. The molecule has 5 nitrogen and oxygen atoms in total. The van der Waals surface area contributed by atoms with E-state index in [2.05, 4.69) is 154 Å². The fourth-order valence-electron chi connectivity index (χ4n) is 6.17. The number of rotatable bonds is 4. The van der Waals surface area contributed by atoms with Crippen molar-refractivity contribution in [1.82, 2.24) is 9.55 Å². The molecule has 238 valence electrons. The Hall–Kier alpha value is -4.47. The maximum Gasteiger partial charge on any atom is 2.00 e. The monoisotopic (exact) mass is 798 g/mol. The van der Waals surface area contributed by atoms with Crippen LogP contribution in [0, 0.1) is 6.20 Å². The van der Waals surface area contributed by atoms with E-state index in [4.69, 9.17) is 4.98 Å². The molecule has 2 aliphatic heterocycles. The number of anilines is 1. The van der Waals surface area contributed by atoms with Crippen molar-refractivity contribution >= 4 is 28.6 Å². The van der Waals surface area contributed by atoms with E-state index >= 15 is 0 Å². The molecule has 47 heavy (non-hydrogen) atoms. The van der Waals surface area contributed by atoms with Crippen molar-refractivity contribution < 1.29 is 30.7 Å². The Kier molecular flexibility index (Phi) is 8.48. The van der Waals surface area contributed by atoms with E-state index in [1.807, 2.05) is 29.4 Å². The third kappa shape index (κ3) is 6.05. The average molecular weight is 799 g/mol. The zero-order chi connectivity index (χ0) is 32.2. The summed E-state index contributed by atoms with van der Waals surface area (Å²) in [5.74, 6) is 1.08. The van der Waals surface area contributed by atoms with E-state index < -0.39 is 0 Å². The summed E-state index contributed by atoms with van der Waals surface area (Å²) in [6, 6.07) is 27.1. The summed E-state index contributed by atoms with van der Waals surface area (Å²) in [6.45, 7) is 13.0. The molecule has 2 aromatic heterocycles. The van der Waals surface area contributed by atoms with E-state index in [0.717, 1.165) is 44.7 Å². The molecule has 6 heteroatoms. The van der Waals surface area contributed by atoms with Gasteiger partial charge in [0.05, 0.1) is 17.2 Å². The molecule has 2 aliphatic rings. The van der Waals surface area contributed by atoms with Gasteiger partial charge in [-0.05, 0) is 75.2 Å². The molecule has 0 saturated heterocycles. The molecule has 7 rings (SSSR count). The van der Waals surface area contributed by atoms with Crippen molar-refractivity contribution in [2.75, 3.05) is 4.90 Å². The van der Waals surface area contributed by atoms with Crippen LogP contribution in [0.15, 0.2) is 116 Å². The number of hydrogen-bond donors (Lipinski definition) is 1. The van der Waals surface area contributed by atoms with Gasteiger partial charge in [0.2, 0.25) is 6.34 Å². The molecule has 1 atom stereocenters. The molecule has 0 amide bonds. The van der Waals surface area contributed by atoms with Gasteiger partial charge in [-0.25, -0.2) is 0 Å². The van der Waals surface area contributed by atoms with Crippen LogP contribution in [-0.2, 0) is 31.9 Å². The van der Waals surface area contributed by atoms with Crippen molar-refractivity contribution in [2.24, 2.45) is 0 Å². The van der Waals surface area contributed by atoms with Gasteiger partial charge in [-0.15, -0.1) is 0 Å². The van der Waals surface area contributed by atoms with E-state index in [9.17, 15) is 5.11 Å². The molecule has 5 aromatic rings. The predicted octanol–water partition coefficient (Wildman–Crippen LogP) is 9.02. The van der Waals surface area contributed by atoms with Gasteiger partial charge in [0.15, 0.2) is 0 Å². The molecule has 3 aromatic carbocycles. The average Bonchev–Trinajstić information content (AvgIpc) is 3.43. The smallest absolute Gasteiger partial charge is 0.513 e. The zero-order valence-electron chi connectivity index (χ0n) is 27.6. The number of nitrogens with zero attached hydrogens (tertiary/aromatic N) is 4. The number of fused-ring (bicyclic) bond motifs is 2. The number of aromatic nitrogens is 2. The Morgan fingerprint density at radius 3 is 2.32 bits per heavy atom. The van der Waals surface area contributed by atoms with Crippen LogP contribution in [0.5, 0.6) is 5.75 Å². The van der Waals surface area contributed by atoms with Gasteiger partial charge in [0.1, 0.15) is 11.8 Å². The van der Waals surface area contributed by atoms with Crippen molar-refractivity contribution in [3.05, 3.63) is 138 Å². The molecular weight excluding hydrogens is 760 g/mol. The first kappa shape index (κ1) is 32.5. The second-order valence-corrected chi connectivity index (χ2v) is 14.1. The molecule has 0 aliphatic carbocycles. The molecule has 0 radical (unpaired) electrons. The fraction of sp³-hybridized carbons (Fsp3) is 0.220. The minimum absolute atomic E-state index is 0. The van der Waals surface area contributed by atoms with Crippen LogP contribution in [0.25, 0.3) is 33.5 Å². The number of phenolic OH excluding ortho intramolecular Hbond substituents is 1. The summed E-state index contributed by atoms with van der Waals surface area (Å²) in [5, 5.41) is 12.7. The van der Waals surface area contributed by atoms with Gasteiger partial charge in [-0.2, -0.15) is 0 Å². The first-order valence-electron chi connectivity index (χ1n) is 15.8. The molecule has 0 saturated carbocycles. The van der Waals surface area contributed by atoms with Gasteiger partial charge < -0.3 is 14.6 Å². The molecule has 1 unspecified atom stereocenters. The van der Waals surface area contributed by atoms with Crippen LogP contribution in [-0.4, -0.2) is 31.6 Å². The Morgan fingerprint density at radius 1 is 0.830 bits per heavy atom. The van der Waals surface area contributed by atoms with E-state index in [1.165, 1.54) is 5.56 Å². The SMILES string of the molecule is CC(C)(C)c1cc(N2[C-]=[N+]3C(c4[c-]n(-c5cc(-c6ccccc6)ccn5)c5ccccc45)=CC=CC3C=C2)c(O)c(C(C)(C)C)c1.[Pt+2]. The number of pyridine rings is 1. The van der Waals surface area contributed by atoms with Crippen molar-refractivity contribution in [1.29, 1.82) is 0 Å². The van der Waals surface area contributed by atoms with Gasteiger partial charge in [0.25, 0.3) is 0 Å². The molecule has 0 fully saturated rings. The fourth-order valence-corrected chi connectivity index (χ4v) is 6.17. The quantitative estimate of drug-likeness (QED) is 0.146. The first-order chi connectivity index (χ1) is 22.0. The van der Waals surface area contributed by atoms with E-state index in [-0.39, 0.29) is 43.7 Å².